The third-order valence-electron chi connectivity index (χ3n) is 1.94. The molecule has 0 aliphatic heterocycles. The van der Waals surface area contributed by atoms with E-state index < -0.39 is 0 Å². The highest BCUT2D eigenvalue weighted by atomic mass is 127. The Morgan fingerprint density at radius 1 is 1.31 bits per heavy atom. The van der Waals surface area contributed by atoms with Crippen LogP contribution >= 0.6 is 57.1 Å². The van der Waals surface area contributed by atoms with Crippen molar-refractivity contribution in [3.05, 3.63) is 31.8 Å². The summed E-state index contributed by atoms with van der Waals surface area (Å²) in [6, 6.07) is 5.88. The van der Waals surface area contributed by atoms with Crippen molar-refractivity contribution in [3.8, 4) is 10.6 Å². The summed E-state index contributed by atoms with van der Waals surface area (Å²) in [6.45, 7) is 0. The van der Waals surface area contributed by atoms with Crippen molar-refractivity contribution >= 4 is 57.1 Å². The standard InChI is InChI=1S/C10H7Cl2IN2S/c11-4-3-9-14-15-10(16-9)6-1-2-8(13)7(12)5-6/h1-2,5H,3-4H2. The predicted octanol–water partition coefficient (Wildman–Crippen LogP) is 4.24. The molecule has 2 rings (SSSR count). The topological polar surface area (TPSA) is 25.8 Å². The van der Waals surface area contributed by atoms with Crippen LogP contribution in [0, 0.1) is 3.57 Å². The van der Waals surface area contributed by atoms with Gasteiger partial charge in [-0.25, -0.2) is 0 Å². The van der Waals surface area contributed by atoms with Gasteiger partial charge >= 0.3 is 0 Å². The lowest BCUT2D eigenvalue weighted by Gasteiger charge is -1.98. The second-order valence-corrected chi connectivity index (χ2v) is 6.08. The Hall–Kier alpha value is 0.0900. The fourth-order valence-corrected chi connectivity index (χ4v) is 2.82. The molecule has 0 aliphatic rings. The van der Waals surface area contributed by atoms with Crippen LogP contribution in [0.25, 0.3) is 10.6 Å². The second-order valence-electron chi connectivity index (χ2n) is 3.07. The van der Waals surface area contributed by atoms with Crippen LogP contribution in [0.2, 0.25) is 5.02 Å². The highest BCUT2D eigenvalue weighted by Crippen LogP contribution is 2.28. The van der Waals surface area contributed by atoms with E-state index in [-0.39, 0.29) is 0 Å². The quantitative estimate of drug-likeness (QED) is 0.584. The summed E-state index contributed by atoms with van der Waals surface area (Å²) in [4.78, 5) is 0. The van der Waals surface area contributed by atoms with Crippen molar-refractivity contribution in [1.82, 2.24) is 10.2 Å². The first-order chi connectivity index (χ1) is 7.70. The van der Waals surface area contributed by atoms with Gasteiger partial charge < -0.3 is 0 Å². The molecule has 84 valence electrons. The number of rotatable bonds is 3. The number of hydrogen-bond acceptors (Lipinski definition) is 3. The van der Waals surface area contributed by atoms with Crippen LogP contribution in [0.5, 0.6) is 0 Å². The lowest BCUT2D eigenvalue weighted by molar-refractivity contribution is 0.990. The minimum absolute atomic E-state index is 0.572. The Morgan fingerprint density at radius 3 is 2.81 bits per heavy atom. The molecule has 2 nitrogen and oxygen atoms in total. The average Bonchev–Trinajstić information content (AvgIpc) is 2.71. The number of nitrogens with zero attached hydrogens (tertiary/aromatic N) is 2. The van der Waals surface area contributed by atoms with Crippen molar-refractivity contribution in [1.29, 1.82) is 0 Å². The zero-order valence-electron chi connectivity index (χ0n) is 8.08. The minimum atomic E-state index is 0.572. The van der Waals surface area contributed by atoms with Gasteiger partial charge in [0.2, 0.25) is 0 Å². The first kappa shape index (κ1) is 12.5. The molecule has 0 saturated carbocycles. The summed E-state index contributed by atoms with van der Waals surface area (Å²) in [5.41, 5.74) is 1.00. The summed E-state index contributed by atoms with van der Waals surface area (Å²) >= 11 is 15.5. The van der Waals surface area contributed by atoms with E-state index in [1.54, 1.807) is 11.3 Å². The SMILES string of the molecule is ClCCc1nnc(-c2ccc(I)c(Cl)c2)s1. The van der Waals surface area contributed by atoms with Crippen molar-refractivity contribution in [2.45, 2.75) is 6.42 Å². The third-order valence-corrected chi connectivity index (χ3v) is 4.74. The molecule has 0 aliphatic carbocycles. The van der Waals surface area contributed by atoms with Crippen LogP contribution < -0.4 is 0 Å². The maximum Gasteiger partial charge on any atom is 0.147 e. The van der Waals surface area contributed by atoms with Crippen LogP contribution in [-0.4, -0.2) is 16.1 Å². The van der Waals surface area contributed by atoms with E-state index in [1.165, 1.54) is 0 Å². The molecule has 1 aromatic carbocycles. The first-order valence-corrected chi connectivity index (χ1v) is 7.35. The number of aryl methyl sites for hydroxylation is 1. The first-order valence-electron chi connectivity index (χ1n) is 4.54. The molecule has 0 fully saturated rings. The molecule has 0 radical (unpaired) electrons. The summed E-state index contributed by atoms with van der Waals surface area (Å²) in [5, 5.41) is 10.8. The zero-order chi connectivity index (χ0) is 11.5. The number of aromatic nitrogens is 2. The lowest BCUT2D eigenvalue weighted by Crippen LogP contribution is -1.83. The van der Waals surface area contributed by atoms with E-state index in [4.69, 9.17) is 23.2 Å². The minimum Gasteiger partial charge on any atom is -0.143 e. The maximum absolute atomic E-state index is 6.06. The van der Waals surface area contributed by atoms with Gasteiger partial charge in [-0.05, 0) is 34.7 Å². The Kier molecular flexibility index (Phi) is 4.41. The molecule has 0 N–H and O–H groups in total. The van der Waals surface area contributed by atoms with Crippen LogP contribution in [0.3, 0.4) is 0 Å². The van der Waals surface area contributed by atoms with Crippen LogP contribution in [0.15, 0.2) is 18.2 Å². The highest BCUT2D eigenvalue weighted by molar-refractivity contribution is 14.1. The zero-order valence-corrected chi connectivity index (χ0v) is 12.6. The van der Waals surface area contributed by atoms with Crippen molar-refractivity contribution < 1.29 is 0 Å². The van der Waals surface area contributed by atoms with Crippen LogP contribution in [-0.2, 0) is 6.42 Å². The molecule has 0 saturated heterocycles. The number of hydrogen-bond donors (Lipinski definition) is 0. The molecule has 0 unspecified atom stereocenters. The van der Waals surface area contributed by atoms with Gasteiger partial charge in [0.25, 0.3) is 0 Å². The number of alkyl halides is 1. The molecule has 16 heavy (non-hydrogen) atoms. The second kappa shape index (κ2) is 5.62. The highest BCUT2D eigenvalue weighted by Gasteiger charge is 2.07. The van der Waals surface area contributed by atoms with Crippen molar-refractivity contribution in [2.75, 3.05) is 5.88 Å². The van der Waals surface area contributed by atoms with E-state index in [9.17, 15) is 0 Å². The Bertz CT molecular complexity index is 501. The summed E-state index contributed by atoms with van der Waals surface area (Å²) in [5.74, 6) is 0.572. The van der Waals surface area contributed by atoms with Gasteiger partial charge in [0.15, 0.2) is 0 Å². The van der Waals surface area contributed by atoms with Gasteiger partial charge in [0.1, 0.15) is 10.0 Å². The third kappa shape index (κ3) is 2.85. The van der Waals surface area contributed by atoms with Gasteiger partial charge in [-0.3, -0.25) is 0 Å². The van der Waals surface area contributed by atoms with E-state index in [2.05, 4.69) is 32.8 Å². The Balaban J connectivity index is 2.31. The Labute approximate surface area is 121 Å². The smallest absolute Gasteiger partial charge is 0.143 e. The predicted molar refractivity (Wildman–Crippen MR) is 77.5 cm³/mol. The molecule has 2 aromatic rings. The molecular weight excluding hydrogens is 378 g/mol. The van der Waals surface area contributed by atoms with Gasteiger partial charge in [0, 0.05) is 21.4 Å². The molecule has 0 spiro atoms. The fourth-order valence-electron chi connectivity index (χ4n) is 1.18. The largest absolute Gasteiger partial charge is 0.147 e. The van der Waals surface area contributed by atoms with Crippen LogP contribution in [0.1, 0.15) is 5.01 Å². The average molecular weight is 385 g/mol. The number of benzene rings is 1. The monoisotopic (exact) mass is 384 g/mol. The van der Waals surface area contributed by atoms with E-state index in [1.807, 2.05) is 18.2 Å². The molecule has 0 atom stereocenters. The summed E-state index contributed by atoms with van der Waals surface area (Å²) in [6.07, 6.45) is 0.761. The van der Waals surface area contributed by atoms with Gasteiger partial charge in [-0.2, -0.15) is 0 Å². The van der Waals surface area contributed by atoms with Crippen molar-refractivity contribution in [3.63, 3.8) is 0 Å². The molecule has 1 heterocycles. The lowest BCUT2D eigenvalue weighted by atomic mass is 10.2. The summed E-state index contributed by atoms with van der Waals surface area (Å²) < 4.78 is 1.04. The molecule has 0 amide bonds. The number of halogens is 3. The van der Waals surface area contributed by atoms with Gasteiger partial charge in [0.05, 0.1) is 5.02 Å². The molecule has 0 bridgehead atoms. The summed E-state index contributed by atoms with van der Waals surface area (Å²) in [7, 11) is 0. The Morgan fingerprint density at radius 2 is 2.12 bits per heavy atom. The van der Waals surface area contributed by atoms with Crippen LogP contribution in [0.4, 0.5) is 0 Å². The molecule has 6 heteroatoms. The van der Waals surface area contributed by atoms with Gasteiger partial charge in [-0.1, -0.05) is 29.0 Å². The van der Waals surface area contributed by atoms with E-state index >= 15 is 0 Å². The van der Waals surface area contributed by atoms with Gasteiger partial charge in [-0.15, -0.1) is 21.8 Å². The maximum atomic E-state index is 6.06. The fraction of sp³-hybridized carbons (Fsp3) is 0.200. The van der Waals surface area contributed by atoms with E-state index in [0.29, 0.717) is 5.88 Å². The molecule has 1 aromatic heterocycles. The normalized spacial score (nSPS) is 10.7. The molecular formula is C10H7Cl2IN2S. The van der Waals surface area contributed by atoms with E-state index in [0.717, 1.165) is 30.6 Å². The van der Waals surface area contributed by atoms with Crippen molar-refractivity contribution in [2.24, 2.45) is 0 Å².